The minimum absolute atomic E-state index is 0.370. The van der Waals surface area contributed by atoms with Crippen molar-refractivity contribution in [2.75, 3.05) is 13.1 Å². The van der Waals surface area contributed by atoms with E-state index < -0.39 is 0 Å². The van der Waals surface area contributed by atoms with E-state index in [1.54, 1.807) is 12.5 Å². The van der Waals surface area contributed by atoms with Crippen LogP contribution in [-0.4, -0.2) is 32.8 Å². The molecule has 90 valence electrons. The van der Waals surface area contributed by atoms with Gasteiger partial charge in [-0.2, -0.15) is 4.98 Å². The highest BCUT2D eigenvalue weighted by atomic mass is 16.5. The molecular formula is C11H15N5O. The van der Waals surface area contributed by atoms with E-state index in [2.05, 4.69) is 20.4 Å². The lowest BCUT2D eigenvalue weighted by atomic mass is 9.99. The van der Waals surface area contributed by atoms with Gasteiger partial charge in [0.1, 0.15) is 5.69 Å². The first-order chi connectivity index (χ1) is 8.34. The van der Waals surface area contributed by atoms with Gasteiger partial charge >= 0.3 is 0 Å². The number of nitrogens with zero attached hydrogens (tertiary/aromatic N) is 4. The van der Waals surface area contributed by atoms with Crippen LogP contribution in [0.25, 0.3) is 11.6 Å². The van der Waals surface area contributed by atoms with E-state index in [1.807, 2.05) is 11.6 Å². The van der Waals surface area contributed by atoms with Crippen molar-refractivity contribution in [3.63, 3.8) is 0 Å². The molecule has 0 radical (unpaired) electrons. The Morgan fingerprint density at radius 2 is 2.47 bits per heavy atom. The van der Waals surface area contributed by atoms with Crippen molar-refractivity contribution in [1.82, 2.24) is 25.0 Å². The number of piperidine rings is 1. The first-order valence-electron chi connectivity index (χ1n) is 5.85. The molecule has 0 aromatic carbocycles. The number of hydrogen-bond donors (Lipinski definition) is 1. The third kappa shape index (κ3) is 1.95. The monoisotopic (exact) mass is 233 g/mol. The van der Waals surface area contributed by atoms with Gasteiger partial charge < -0.3 is 14.4 Å². The molecule has 0 amide bonds. The standard InChI is InChI=1S/C11H15N5O/c1-16-7-13-6-9(16)11-14-10(15-17-11)8-3-2-4-12-5-8/h6-8,12H,2-5H2,1H3. The summed E-state index contributed by atoms with van der Waals surface area (Å²) in [5.74, 6) is 1.72. The zero-order valence-electron chi connectivity index (χ0n) is 9.76. The predicted octanol–water partition coefficient (Wildman–Crippen LogP) is 0.937. The molecule has 1 atom stereocenters. The SMILES string of the molecule is Cn1cncc1-c1nc(C2CCCNC2)no1. The summed E-state index contributed by atoms with van der Waals surface area (Å²) in [6.07, 6.45) is 5.75. The van der Waals surface area contributed by atoms with Crippen LogP contribution in [-0.2, 0) is 7.05 Å². The van der Waals surface area contributed by atoms with Crippen molar-refractivity contribution >= 4 is 0 Å². The van der Waals surface area contributed by atoms with Gasteiger partial charge in [0.05, 0.1) is 12.5 Å². The largest absolute Gasteiger partial charge is 0.332 e. The molecular weight excluding hydrogens is 218 g/mol. The van der Waals surface area contributed by atoms with Crippen LogP contribution in [0.15, 0.2) is 17.0 Å². The van der Waals surface area contributed by atoms with Gasteiger partial charge in [0.25, 0.3) is 5.89 Å². The second-order valence-electron chi connectivity index (χ2n) is 4.39. The lowest BCUT2D eigenvalue weighted by Gasteiger charge is -2.19. The molecule has 1 aliphatic rings. The van der Waals surface area contributed by atoms with Gasteiger partial charge in [0, 0.05) is 19.5 Å². The third-order valence-corrected chi connectivity index (χ3v) is 3.14. The van der Waals surface area contributed by atoms with Crippen LogP contribution >= 0.6 is 0 Å². The van der Waals surface area contributed by atoms with Crippen LogP contribution in [0, 0.1) is 0 Å². The molecule has 1 unspecified atom stereocenters. The molecule has 2 aromatic heterocycles. The normalized spacial score (nSPS) is 20.6. The van der Waals surface area contributed by atoms with Crippen molar-refractivity contribution in [1.29, 1.82) is 0 Å². The molecule has 0 aliphatic carbocycles. The molecule has 1 N–H and O–H groups in total. The Hall–Kier alpha value is -1.69. The molecule has 17 heavy (non-hydrogen) atoms. The van der Waals surface area contributed by atoms with E-state index in [4.69, 9.17) is 4.52 Å². The Balaban J connectivity index is 1.85. The summed E-state index contributed by atoms with van der Waals surface area (Å²) >= 11 is 0. The Morgan fingerprint density at radius 1 is 1.53 bits per heavy atom. The maximum Gasteiger partial charge on any atom is 0.276 e. The molecule has 3 rings (SSSR count). The topological polar surface area (TPSA) is 68.8 Å². The molecule has 1 fully saturated rings. The van der Waals surface area contributed by atoms with E-state index in [0.717, 1.165) is 31.0 Å². The van der Waals surface area contributed by atoms with E-state index in [-0.39, 0.29) is 0 Å². The van der Waals surface area contributed by atoms with Crippen molar-refractivity contribution in [2.24, 2.45) is 7.05 Å². The van der Waals surface area contributed by atoms with Crippen molar-refractivity contribution in [3.8, 4) is 11.6 Å². The summed E-state index contributed by atoms with van der Waals surface area (Å²) in [4.78, 5) is 8.50. The van der Waals surface area contributed by atoms with E-state index >= 15 is 0 Å². The van der Waals surface area contributed by atoms with Gasteiger partial charge in [-0.1, -0.05) is 5.16 Å². The first-order valence-corrected chi connectivity index (χ1v) is 5.85. The van der Waals surface area contributed by atoms with Crippen LogP contribution in [0.1, 0.15) is 24.6 Å². The number of imidazole rings is 1. The molecule has 0 bridgehead atoms. The van der Waals surface area contributed by atoms with Gasteiger partial charge in [0.2, 0.25) is 0 Å². The average Bonchev–Trinajstić information content (AvgIpc) is 2.98. The Kier molecular flexibility index (Phi) is 2.64. The third-order valence-electron chi connectivity index (χ3n) is 3.14. The molecule has 2 aromatic rings. The summed E-state index contributed by atoms with van der Waals surface area (Å²) in [6.45, 7) is 2.02. The summed E-state index contributed by atoms with van der Waals surface area (Å²) in [6, 6.07) is 0. The Bertz CT molecular complexity index is 497. The maximum atomic E-state index is 5.29. The lowest BCUT2D eigenvalue weighted by Crippen LogP contribution is -2.28. The van der Waals surface area contributed by atoms with Crippen molar-refractivity contribution in [2.45, 2.75) is 18.8 Å². The fraction of sp³-hybridized carbons (Fsp3) is 0.545. The minimum atomic E-state index is 0.370. The second kappa shape index (κ2) is 4.29. The second-order valence-corrected chi connectivity index (χ2v) is 4.39. The number of hydrogen-bond acceptors (Lipinski definition) is 5. The summed E-state index contributed by atoms with van der Waals surface area (Å²) in [5.41, 5.74) is 0.854. The van der Waals surface area contributed by atoms with Crippen molar-refractivity contribution < 1.29 is 4.52 Å². The summed E-state index contributed by atoms with van der Waals surface area (Å²) < 4.78 is 7.16. The van der Waals surface area contributed by atoms with Crippen molar-refractivity contribution in [3.05, 3.63) is 18.3 Å². The zero-order chi connectivity index (χ0) is 11.7. The highest BCUT2D eigenvalue weighted by Gasteiger charge is 2.21. The van der Waals surface area contributed by atoms with E-state index in [1.165, 1.54) is 6.42 Å². The fourth-order valence-electron chi connectivity index (χ4n) is 2.14. The summed E-state index contributed by atoms with van der Waals surface area (Å²) in [7, 11) is 1.91. The molecule has 1 saturated heterocycles. The Labute approximate surface area is 99.0 Å². The molecule has 1 aliphatic heterocycles. The number of aryl methyl sites for hydroxylation is 1. The number of aromatic nitrogens is 4. The van der Waals surface area contributed by atoms with Crippen LogP contribution in [0.2, 0.25) is 0 Å². The van der Waals surface area contributed by atoms with Gasteiger partial charge in [-0.05, 0) is 19.4 Å². The quantitative estimate of drug-likeness (QED) is 0.836. The van der Waals surface area contributed by atoms with Crippen LogP contribution in [0.4, 0.5) is 0 Å². The minimum Gasteiger partial charge on any atom is -0.332 e. The van der Waals surface area contributed by atoms with Gasteiger partial charge in [-0.15, -0.1) is 0 Å². The highest BCUT2D eigenvalue weighted by molar-refractivity contribution is 5.45. The van der Waals surface area contributed by atoms with Gasteiger partial charge in [-0.3, -0.25) is 0 Å². The number of rotatable bonds is 2. The number of nitrogens with one attached hydrogen (secondary N) is 1. The first kappa shape index (κ1) is 10.5. The molecule has 3 heterocycles. The fourth-order valence-corrected chi connectivity index (χ4v) is 2.14. The summed E-state index contributed by atoms with van der Waals surface area (Å²) in [5, 5.41) is 7.42. The zero-order valence-corrected chi connectivity index (χ0v) is 9.76. The molecule has 0 saturated carbocycles. The van der Waals surface area contributed by atoms with Crippen LogP contribution in [0.3, 0.4) is 0 Å². The predicted molar refractivity (Wildman–Crippen MR) is 61.3 cm³/mol. The van der Waals surface area contributed by atoms with Gasteiger partial charge in [0.15, 0.2) is 5.82 Å². The maximum absolute atomic E-state index is 5.29. The van der Waals surface area contributed by atoms with Crippen LogP contribution < -0.4 is 5.32 Å². The lowest BCUT2D eigenvalue weighted by molar-refractivity contribution is 0.392. The molecule has 0 spiro atoms. The Morgan fingerprint density at radius 3 is 3.18 bits per heavy atom. The molecule has 6 heteroatoms. The van der Waals surface area contributed by atoms with E-state index in [0.29, 0.717) is 11.8 Å². The average molecular weight is 233 g/mol. The molecule has 6 nitrogen and oxygen atoms in total. The van der Waals surface area contributed by atoms with Gasteiger partial charge in [-0.25, -0.2) is 4.98 Å². The smallest absolute Gasteiger partial charge is 0.276 e. The highest BCUT2D eigenvalue weighted by Crippen LogP contribution is 2.23. The van der Waals surface area contributed by atoms with E-state index in [9.17, 15) is 0 Å². The van der Waals surface area contributed by atoms with Crippen LogP contribution in [0.5, 0.6) is 0 Å².